The summed E-state index contributed by atoms with van der Waals surface area (Å²) in [6.07, 6.45) is 1.59. The highest BCUT2D eigenvalue weighted by Crippen LogP contribution is 2.34. The van der Waals surface area contributed by atoms with Crippen LogP contribution < -0.4 is 10.2 Å². The minimum Gasteiger partial charge on any atom is -0.318 e. The van der Waals surface area contributed by atoms with Crippen LogP contribution in [-0.4, -0.2) is 21.5 Å². The fourth-order valence-corrected chi connectivity index (χ4v) is 4.69. The summed E-state index contributed by atoms with van der Waals surface area (Å²) >= 11 is 17.7. The lowest BCUT2D eigenvalue weighted by atomic mass is 10.0. The molecule has 5 nitrogen and oxygen atoms in total. The van der Waals surface area contributed by atoms with Crippen molar-refractivity contribution in [2.75, 3.05) is 4.90 Å². The normalized spacial score (nSPS) is 15.4. The molecule has 1 aliphatic rings. The average Bonchev–Trinajstić information content (AvgIpc) is 3.06. The molecule has 0 spiro atoms. The van der Waals surface area contributed by atoms with Gasteiger partial charge in [-0.1, -0.05) is 55.2 Å². The lowest BCUT2D eigenvalue weighted by Gasteiger charge is -2.29. The van der Waals surface area contributed by atoms with Gasteiger partial charge in [0.05, 0.1) is 15.7 Å². The van der Waals surface area contributed by atoms with Crippen LogP contribution in [-0.2, 0) is 9.59 Å². The second kappa shape index (κ2) is 9.37. The van der Waals surface area contributed by atoms with Gasteiger partial charge in [-0.3, -0.25) is 19.8 Å². The van der Waals surface area contributed by atoms with Crippen LogP contribution in [0.15, 0.2) is 54.1 Å². The minimum absolute atomic E-state index is 0.0416. The zero-order chi connectivity index (χ0) is 24.7. The molecule has 1 fully saturated rings. The Morgan fingerprint density at radius 1 is 1.03 bits per heavy atom. The number of rotatable bonds is 4. The monoisotopic (exact) mass is 511 g/mol. The number of hydrogen-bond donors (Lipinski definition) is 1. The van der Waals surface area contributed by atoms with Crippen LogP contribution in [0.1, 0.15) is 42.3 Å². The van der Waals surface area contributed by atoms with E-state index in [0.717, 1.165) is 22.6 Å². The van der Waals surface area contributed by atoms with Gasteiger partial charge in [0.15, 0.2) is 5.11 Å². The first-order chi connectivity index (χ1) is 16.1. The molecule has 3 aromatic rings. The van der Waals surface area contributed by atoms with E-state index < -0.39 is 11.8 Å². The maximum Gasteiger partial charge on any atom is 0.270 e. The Labute approximate surface area is 214 Å². The van der Waals surface area contributed by atoms with E-state index in [1.807, 2.05) is 19.9 Å². The molecule has 2 heterocycles. The molecule has 4 rings (SSSR count). The SMILES string of the molecule is Cc1cc(/C=C2/C(=O)NC(=S)N(c3cccc(Cl)c3Cl)C2=O)c(C)n1-c1ccc(C(C)C)cc1. The van der Waals surface area contributed by atoms with Crippen molar-refractivity contribution in [3.63, 3.8) is 0 Å². The van der Waals surface area contributed by atoms with E-state index in [1.54, 1.807) is 24.3 Å². The maximum absolute atomic E-state index is 13.4. The maximum atomic E-state index is 13.4. The van der Waals surface area contributed by atoms with E-state index in [9.17, 15) is 9.59 Å². The Kier molecular flexibility index (Phi) is 6.67. The summed E-state index contributed by atoms with van der Waals surface area (Å²) in [7, 11) is 0. The van der Waals surface area contributed by atoms with Gasteiger partial charge in [0.25, 0.3) is 11.8 Å². The van der Waals surface area contributed by atoms with E-state index in [4.69, 9.17) is 35.4 Å². The van der Waals surface area contributed by atoms with Crippen molar-refractivity contribution in [3.05, 3.63) is 86.7 Å². The summed E-state index contributed by atoms with van der Waals surface area (Å²) in [6, 6.07) is 15.2. The summed E-state index contributed by atoms with van der Waals surface area (Å²) in [5, 5.41) is 3.00. The van der Waals surface area contributed by atoms with E-state index in [2.05, 4.69) is 48.0 Å². The molecule has 2 amide bonds. The fraction of sp³-hybridized carbons (Fsp3) is 0.192. The Morgan fingerprint density at radius 3 is 2.35 bits per heavy atom. The molecular weight excluding hydrogens is 489 g/mol. The van der Waals surface area contributed by atoms with Crippen molar-refractivity contribution >= 4 is 64.1 Å². The van der Waals surface area contributed by atoms with Gasteiger partial charge < -0.3 is 4.57 Å². The van der Waals surface area contributed by atoms with E-state index in [-0.39, 0.29) is 20.7 Å². The van der Waals surface area contributed by atoms with Gasteiger partial charge in [0.2, 0.25) is 0 Å². The standard InChI is InChI=1S/C26H23Cl2N3O2S/c1-14(2)17-8-10-19(11-9-17)30-15(3)12-18(16(30)4)13-20-24(32)29-26(34)31(25(20)33)22-7-5-6-21(27)23(22)28/h5-14H,1-4H3,(H,29,32,34)/b20-13-. The van der Waals surface area contributed by atoms with Crippen LogP contribution in [0, 0.1) is 13.8 Å². The fourth-order valence-electron chi connectivity index (χ4n) is 4.04. The number of carbonyl (C=O) groups excluding carboxylic acids is 2. The van der Waals surface area contributed by atoms with Crippen LogP contribution in [0.5, 0.6) is 0 Å². The van der Waals surface area contributed by atoms with Gasteiger partial charge in [0, 0.05) is 17.1 Å². The summed E-state index contributed by atoms with van der Waals surface area (Å²) < 4.78 is 2.10. The predicted octanol–water partition coefficient (Wildman–Crippen LogP) is 6.36. The third kappa shape index (κ3) is 4.29. The first-order valence-electron chi connectivity index (χ1n) is 10.7. The highest BCUT2D eigenvalue weighted by molar-refractivity contribution is 7.80. The molecule has 0 atom stereocenters. The van der Waals surface area contributed by atoms with Crippen molar-refractivity contribution in [3.8, 4) is 5.69 Å². The number of halogens is 2. The molecule has 0 bridgehead atoms. The summed E-state index contributed by atoms with van der Waals surface area (Å²) in [4.78, 5) is 27.3. The second-order valence-corrected chi connectivity index (χ2v) is 9.61. The van der Waals surface area contributed by atoms with Crippen molar-refractivity contribution in [1.29, 1.82) is 0 Å². The number of nitrogens with one attached hydrogen (secondary N) is 1. The summed E-state index contributed by atoms with van der Waals surface area (Å²) in [5.41, 5.74) is 5.18. The Balaban J connectivity index is 1.75. The van der Waals surface area contributed by atoms with Gasteiger partial charge in [-0.15, -0.1) is 0 Å². The molecule has 8 heteroatoms. The number of nitrogens with zero attached hydrogens (tertiary/aromatic N) is 2. The molecule has 34 heavy (non-hydrogen) atoms. The highest BCUT2D eigenvalue weighted by atomic mass is 35.5. The largest absolute Gasteiger partial charge is 0.318 e. The van der Waals surface area contributed by atoms with E-state index in [1.165, 1.54) is 10.5 Å². The van der Waals surface area contributed by atoms with E-state index >= 15 is 0 Å². The first-order valence-corrected chi connectivity index (χ1v) is 11.9. The number of benzene rings is 2. The summed E-state index contributed by atoms with van der Waals surface area (Å²) in [6.45, 7) is 8.25. The third-order valence-corrected chi connectivity index (χ3v) is 6.96. The molecule has 0 saturated carbocycles. The molecule has 0 aliphatic carbocycles. The number of amides is 2. The molecule has 1 saturated heterocycles. The number of anilines is 1. The first kappa shape index (κ1) is 24.2. The smallest absolute Gasteiger partial charge is 0.270 e. The Hall–Kier alpha value is -2.93. The van der Waals surface area contributed by atoms with Crippen molar-refractivity contribution < 1.29 is 9.59 Å². The van der Waals surface area contributed by atoms with Crippen LogP contribution in [0.25, 0.3) is 11.8 Å². The topological polar surface area (TPSA) is 54.3 Å². The molecule has 2 aromatic carbocycles. The molecule has 0 radical (unpaired) electrons. The third-order valence-electron chi connectivity index (χ3n) is 5.86. The zero-order valence-electron chi connectivity index (χ0n) is 19.1. The summed E-state index contributed by atoms with van der Waals surface area (Å²) in [5.74, 6) is -0.682. The Bertz CT molecular complexity index is 1360. The van der Waals surface area contributed by atoms with Crippen LogP contribution >= 0.6 is 35.4 Å². The zero-order valence-corrected chi connectivity index (χ0v) is 21.5. The quantitative estimate of drug-likeness (QED) is 0.252. The molecule has 1 N–H and O–H groups in total. The van der Waals surface area contributed by atoms with Crippen molar-refractivity contribution in [1.82, 2.24) is 9.88 Å². The van der Waals surface area contributed by atoms with Gasteiger partial charge >= 0.3 is 0 Å². The van der Waals surface area contributed by atoms with Crippen LogP contribution in [0.4, 0.5) is 5.69 Å². The molecular formula is C26H23Cl2N3O2S. The molecule has 174 valence electrons. The predicted molar refractivity (Wildman–Crippen MR) is 142 cm³/mol. The number of aryl methyl sites for hydroxylation is 1. The highest BCUT2D eigenvalue weighted by Gasteiger charge is 2.36. The molecule has 0 unspecified atom stereocenters. The average molecular weight is 512 g/mol. The van der Waals surface area contributed by atoms with Crippen molar-refractivity contribution in [2.45, 2.75) is 33.6 Å². The van der Waals surface area contributed by atoms with Crippen LogP contribution in [0.3, 0.4) is 0 Å². The minimum atomic E-state index is -0.566. The second-order valence-electron chi connectivity index (χ2n) is 8.44. The molecule has 1 aliphatic heterocycles. The lowest BCUT2D eigenvalue weighted by molar-refractivity contribution is -0.122. The van der Waals surface area contributed by atoms with Gasteiger partial charge in [0.1, 0.15) is 5.57 Å². The lowest BCUT2D eigenvalue weighted by Crippen LogP contribution is -2.54. The number of aromatic nitrogens is 1. The van der Waals surface area contributed by atoms with Gasteiger partial charge in [-0.25, -0.2) is 0 Å². The van der Waals surface area contributed by atoms with Crippen LogP contribution in [0.2, 0.25) is 10.0 Å². The van der Waals surface area contributed by atoms with Gasteiger partial charge in [-0.05, 0) is 79.5 Å². The number of thiocarbonyl (C=S) groups is 1. The Morgan fingerprint density at radius 2 is 1.71 bits per heavy atom. The number of carbonyl (C=O) groups is 2. The van der Waals surface area contributed by atoms with Crippen molar-refractivity contribution in [2.24, 2.45) is 0 Å². The van der Waals surface area contributed by atoms with Gasteiger partial charge in [-0.2, -0.15) is 0 Å². The van der Waals surface area contributed by atoms with E-state index in [0.29, 0.717) is 11.6 Å². The molecule has 1 aromatic heterocycles. The number of hydrogen-bond acceptors (Lipinski definition) is 3.